The van der Waals surface area contributed by atoms with Gasteiger partial charge in [-0.15, -0.1) is 0 Å². The fraction of sp³-hybridized carbons (Fsp3) is 0.400. The van der Waals surface area contributed by atoms with Crippen LogP contribution in [-0.4, -0.2) is 47.7 Å². The molecule has 1 aliphatic rings. The number of nitrogens with zero attached hydrogens (tertiary/aromatic N) is 2. The molecule has 144 valence electrons. The van der Waals surface area contributed by atoms with Gasteiger partial charge in [-0.05, 0) is 36.2 Å². The van der Waals surface area contributed by atoms with Crippen LogP contribution in [-0.2, 0) is 16.1 Å². The third kappa shape index (κ3) is 5.66. The molecule has 2 N–H and O–H groups in total. The van der Waals surface area contributed by atoms with Gasteiger partial charge in [-0.2, -0.15) is 0 Å². The summed E-state index contributed by atoms with van der Waals surface area (Å²) in [6.45, 7) is 4.79. The minimum absolute atomic E-state index is 0.0934. The van der Waals surface area contributed by atoms with Gasteiger partial charge >= 0.3 is 0 Å². The molecule has 2 heterocycles. The van der Waals surface area contributed by atoms with Crippen molar-refractivity contribution in [2.24, 2.45) is 5.73 Å². The van der Waals surface area contributed by atoms with Crippen LogP contribution in [0.5, 0.6) is 5.75 Å². The molecule has 0 unspecified atom stereocenters. The predicted octanol–water partition coefficient (Wildman–Crippen LogP) is 2.57. The molecule has 0 saturated carbocycles. The fourth-order valence-corrected chi connectivity index (χ4v) is 3.54. The number of rotatable bonds is 7. The minimum atomic E-state index is -0.788. The van der Waals surface area contributed by atoms with Gasteiger partial charge in [-0.3, -0.25) is 14.7 Å². The topological polar surface area (TPSA) is 77.7 Å². The number of benzene rings is 1. The van der Waals surface area contributed by atoms with E-state index in [1.54, 1.807) is 12.1 Å². The number of aryl methyl sites for hydroxylation is 1. The van der Waals surface area contributed by atoms with Gasteiger partial charge in [-0.1, -0.05) is 23.7 Å². The molecule has 1 amide bonds. The number of carbonyl (C=O) groups is 1. The van der Waals surface area contributed by atoms with Crippen molar-refractivity contribution in [3.05, 3.63) is 58.9 Å². The third-order valence-electron chi connectivity index (χ3n) is 4.46. The number of primary amides is 1. The summed E-state index contributed by atoms with van der Waals surface area (Å²) in [4.78, 5) is 18.2. The summed E-state index contributed by atoms with van der Waals surface area (Å²) >= 11 is 6.01. The second-order valence-electron chi connectivity index (χ2n) is 7.00. The van der Waals surface area contributed by atoms with Crippen molar-refractivity contribution >= 4 is 17.5 Å². The van der Waals surface area contributed by atoms with Crippen LogP contribution in [0.25, 0.3) is 0 Å². The second kappa shape index (κ2) is 8.69. The van der Waals surface area contributed by atoms with Crippen molar-refractivity contribution in [3.63, 3.8) is 0 Å². The van der Waals surface area contributed by atoms with E-state index in [2.05, 4.69) is 16.0 Å². The molecule has 0 aliphatic carbocycles. The molecule has 0 radical (unpaired) electrons. The lowest BCUT2D eigenvalue weighted by atomic mass is 9.97. The molecule has 7 heteroatoms. The van der Waals surface area contributed by atoms with Gasteiger partial charge in [0, 0.05) is 37.1 Å². The normalized spacial score (nSPS) is 20.4. The van der Waals surface area contributed by atoms with Gasteiger partial charge in [0.25, 0.3) is 0 Å². The lowest BCUT2D eigenvalue weighted by molar-refractivity contribution is -0.148. The largest absolute Gasteiger partial charge is 0.490 e. The molecule has 1 aromatic heterocycles. The van der Waals surface area contributed by atoms with Gasteiger partial charge in [-0.25, -0.2) is 0 Å². The molecule has 0 spiro atoms. The van der Waals surface area contributed by atoms with Crippen molar-refractivity contribution < 1.29 is 14.3 Å². The van der Waals surface area contributed by atoms with Gasteiger partial charge in [0.05, 0.1) is 13.0 Å². The van der Waals surface area contributed by atoms with Crippen LogP contribution in [0.4, 0.5) is 0 Å². The van der Waals surface area contributed by atoms with Crippen LogP contribution in [0, 0.1) is 6.92 Å². The molecular weight excluding hydrogens is 366 g/mol. The van der Waals surface area contributed by atoms with E-state index in [9.17, 15) is 4.79 Å². The number of hydrogen-bond acceptors (Lipinski definition) is 5. The Morgan fingerprint density at radius 2 is 2.26 bits per heavy atom. The first-order chi connectivity index (χ1) is 12.9. The highest BCUT2D eigenvalue weighted by atomic mass is 35.5. The Morgan fingerprint density at radius 3 is 3.00 bits per heavy atom. The molecular formula is C20H24ClN3O3. The zero-order valence-electron chi connectivity index (χ0n) is 15.4. The molecule has 6 nitrogen and oxygen atoms in total. The average molecular weight is 390 g/mol. The lowest BCUT2D eigenvalue weighted by Gasteiger charge is -2.42. The van der Waals surface area contributed by atoms with Gasteiger partial charge in [0.15, 0.2) is 0 Å². The van der Waals surface area contributed by atoms with Crippen LogP contribution in [0.15, 0.2) is 42.7 Å². The summed E-state index contributed by atoms with van der Waals surface area (Å²) < 4.78 is 11.9. The Bertz CT molecular complexity index is 802. The predicted molar refractivity (Wildman–Crippen MR) is 104 cm³/mol. The SMILES string of the molecule is Cc1cncc(CN2CCO[C@](COc3cccc(Cl)c3)(CC(N)=O)C2)c1. The van der Waals surface area contributed by atoms with Crippen LogP contribution in [0.2, 0.25) is 5.02 Å². The van der Waals surface area contributed by atoms with Crippen molar-refractivity contribution in [2.75, 3.05) is 26.3 Å². The summed E-state index contributed by atoms with van der Waals surface area (Å²) in [7, 11) is 0. The van der Waals surface area contributed by atoms with Crippen molar-refractivity contribution in [3.8, 4) is 5.75 Å². The Hall–Kier alpha value is -2.15. The van der Waals surface area contributed by atoms with Crippen LogP contribution < -0.4 is 10.5 Å². The summed E-state index contributed by atoms with van der Waals surface area (Å²) in [5.41, 5.74) is 6.95. The monoisotopic (exact) mass is 389 g/mol. The number of nitrogens with two attached hydrogens (primary N) is 1. The van der Waals surface area contributed by atoms with Crippen molar-refractivity contribution in [1.29, 1.82) is 0 Å². The highest BCUT2D eigenvalue weighted by Gasteiger charge is 2.39. The lowest BCUT2D eigenvalue weighted by Crippen LogP contribution is -2.56. The van der Waals surface area contributed by atoms with Crippen LogP contribution >= 0.6 is 11.6 Å². The fourth-order valence-electron chi connectivity index (χ4n) is 3.36. The minimum Gasteiger partial charge on any atom is -0.490 e. The standard InChI is InChI=1S/C20H24ClN3O3/c1-15-7-16(11-23-10-15)12-24-5-6-27-20(13-24,9-19(22)25)14-26-18-4-2-3-17(21)8-18/h2-4,7-8,10-11H,5-6,9,12-14H2,1H3,(H2,22,25)/t20-/m1/s1. The number of aromatic nitrogens is 1. The molecule has 1 atom stereocenters. The van der Waals surface area contributed by atoms with E-state index in [1.165, 1.54) is 0 Å². The summed E-state index contributed by atoms with van der Waals surface area (Å²) in [6, 6.07) is 9.27. The zero-order valence-corrected chi connectivity index (χ0v) is 16.1. The van der Waals surface area contributed by atoms with E-state index >= 15 is 0 Å². The molecule has 27 heavy (non-hydrogen) atoms. The van der Waals surface area contributed by atoms with Crippen LogP contribution in [0.1, 0.15) is 17.5 Å². The zero-order chi connectivity index (χ0) is 19.3. The number of amides is 1. The van der Waals surface area contributed by atoms with Gasteiger partial charge in [0.1, 0.15) is 18.0 Å². The van der Waals surface area contributed by atoms with Crippen molar-refractivity contribution in [1.82, 2.24) is 9.88 Å². The van der Waals surface area contributed by atoms with E-state index < -0.39 is 11.5 Å². The smallest absolute Gasteiger partial charge is 0.220 e. The molecule has 1 saturated heterocycles. The molecule has 0 bridgehead atoms. The number of morpholine rings is 1. The average Bonchev–Trinajstić information content (AvgIpc) is 2.60. The number of carbonyl (C=O) groups excluding carboxylic acids is 1. The Morgan fingerprint density at radius 1 is 1.41 bits per heavy atom. The Labute approximate surface area is 164 Å². The molecule has 2 aromatic rings. The van der Waals surface area contributed by atoms with E-state index in [0.717, 1.165) is 24.2 Å². The summed E-state index contributed by atoms with van der Waals surface area (Å²) in [5, 5.41) is 0.592. The Kier molecular flexibility index (Phi) is 6.31. The van der Waals surface area contributed by atoms with E-state index in [1.807, 2.05) is 31.5 Å². The third-order valence-corrected chi connectivity index (χ3v) is 4.69. The molecule has 1 fully saturated rings. The second-order valence-corrected chi connectivity index (χ2v) is 7.44. The number of halogens is 1. The highest BCUT2D eigenvalue weighted by Crippen LogP contribution is 2.26. The first kappa shape index (κ1) is 19.6. The van der Waals surface area contributed by atoms with Crippen molar-refractivity contribution in [2.45, 2.75) is 25.5 Å². The quantitative estimate of drug-likeness (QED) is 0.787. The van der Waals surface area contributed by atoms with E-state index in [0.29, 0.717) is 23.9 Å². The maximum Gasteiger partial charge on any atom is 0.220 e. The Balaban J connectivity index is 1.71. The van der Waals surface area contributed by atoms with Gasteiger partial charge < -0.3 is 15.2 Å². The number of hydrogen-bond donors (Lipinski definition) is 1. The number of pyridine rings is 1. The molecule has 1 aliphatic heterocycles. The molecule has 1 aromatic carbocycles. The number of ether oxygens (including phenoxy) is 2. The van der Waals surface area contributed by atoms with Gasteiger partial charge in [0.2, 0.25) is 5.91 Å². The van der Waals surface area contributed by atoms with E-state index in [4.69, 9.17) is 26.8 Å². The van der Waals surface area contributed by atoms with E-state index in [-0.39, 0.29) is 13.0 Å². The first-order valence-corrected chi connectivity index (χ1v) is 9.25. The molecule has 3 rings (SSSR count). The maximum atomic E-state index is 11.7. The first-order valence-electron chi connectivity index (χ1n) is 8.88. The van der Waals surface area contributed by atoms with Crippen LogP contribution in [0.3, 0.4) is 0 Å². The summed E-state index contributed by atoms with van der Waals surface area (Å²) in [6.07, 6.45) is 3.79. The highest BCUT2D eigenvalue weighted by molar-refractivity contribution is 6.30. The maximum absolute atomic E-state index is 11.7. The summed E-state index contributed by atoms with van der Waals surface area (Å²) in [5.74, 6) is 0.221.